The number of likely N-dealkylation sites (tertiary alicyclic amines) is 1. The average Bonchev–Trinajstić information content (AvgIpc) is 2.69. The number of rotatable bonds is 3. The van der Waals surface area contributed by atoms with E-state index in [0.717, 1.165) is 65.7 Å². The Labute approximate surface area is 160 Å². The van der Waals surface area contributed by atoms with Crippen LogP contribution < -0.4 is 9.80 Å². The number of ketones is 1. The van der Waals surface area contributed by atoms with E-state index in [-0.39, 0.29) is 5.78 Å². The summed E-state index contributed by atoms with van der Waals surface area (Å²) in [4.78, 5) is 17.4. The molecule has 0 radical (unpaired) electrons. The number of Topliss-reactive ketones (excluding diaryl/α,β-unsaturated/α-hetero) is 1. The fourth-order valence-electron chi connectivity index (χ4n) is 5.06. The minimum absolute atomic E-state index is 0.0893. The van der Waals surface area contributed by atoms with Crippen molar-refractivity contribution in [1.29, 1.82) is 0 Å². The Morgan fingerprint density at radius 3 is 2.65 bits per heavy atom. The van der Waals surface area contributed by atoms with Gasteiger partial charge < -0.3 is 5.32 Å². The normalized spacial score (nSPS) is 21.0. The topological polar surface area (TPSA) is 42.0 Å². The van der Waals surface area contributed by atoms with Gasteiger partial charge in [0.2, 0.25) is 0 Å². The second kappa shape index (κ2) is 7.26. The standard InChI is InChI=1S/C21H27ClN3O/c1-15(26)18-14-19(22)17-6-5-9-24-20(17)21(18)25(12-3-2-4-13-25)16-7-10-23-11-8-16/h5-6,9,14,16,23H,2-4,7-8,10-13H2,1H3/q+1. The summed E-state index contributed by atoms with van der Waals surface area (Å²) in [6.45, 7) is 5.96. The number of pyridine rings is 1. The average molecular weight is 373 g/mol. The van der Waals surface area contributed by atoms with E-state index in [4.69, 9.17) is 16.6 Å². The third-order valence-electron chi connectivity index (χ3n) is 6.26. The van der Waals surface area contributed by atoms with Crippen LogP contribution in [0.25, 0.3) is 10.9 Å². The van der Waals surface area contributed by atoms with Crippen molar-refractivity contribution in [3.05, 3.63) is 35.0 Å². The van der Waals surface area contributed by atoms with Crippen LogP contribution in [0.5, 0.6) is 0 Å². The number of hydrogen-bond acceptors (Lipinski definition) is 3. The molecule has 0 bridgehead atoms. The minimum Gasteiger partial charge on any atom is -0.316 e. The maximum absolute atomic E-state index is 12.6. The lowest BCUT2D eigenvalue weighted by Gasteiger charge is -2.49. The monoisotopic (exact) mass is 372 g/mol. The smallest absolute Gasteiger partial charge is 0.170 e. The first kappa shape index (κ1) is 17.9. The Bertz CT molecular complexity index is 823. The lowest BCUT2D eigenvalue weighted by molar-refractivity contribution is 0.100. The number of halogens is 1. The number of benzene rings is 1. The molecule has 1 aromatic heterocycles. The van der Waals surface area contributed by atoms with Crippen molar-refractivity contribution in [2.24, 2.45) is 0 Å². The molecule has 1 N–H and O–H groups in total. The van der Waals surface area contributed by atoms with E-state index in [2.05, 4.69) is 5.32 Å². The summed E-state index contributed by atoms with van der Waals surface area (Å²) in [5, 5.41) is 5.08. The molecule has 2 aromatic rings. The van der Waals surface area contributed by atoms with Crippen LogP contribution in [0.4, 0.5) is 5.69 Å². The molecule has 3 heterocycles. The van der Waals surface area contributed by atoms with E-state index in [9.17, 15) is 4.79 Å². The number of aromatic nitrogens is 1. The highest BCUT2D eigenvalue weighted by atomic mass is 35.5. The number of fused-ring (bicyclic) bond motifs is 1. The highest BCUT2D eigenvalue weighted by Gasteiger charge is 2.44. The van der Waals surface area contributed by atoms with Gasteiger partial charge in [0.15, 0.2) is 11.5 Å². The van der Waals surface area contributed by atoms with Crippen molar-refractivity contribution in [3.63, 3.8) is 0 Å². The van der Waals surface area contributed by atoms with Gasteiger partial charge in [-0.15, -0.1) is 0 Å². The number of piperidine rings is 2. The van der Waals surface area contributed by atoms with Crippen LogP contribution in [0.3, 0.4) is 0 Å². The van der Waals surface area contributed by atoms with Crippen molar-refractivity contribution in [2.75, 3.05) is 26.2 Å². The highest BCUT2D eigenvalue weighted by Crippen LogP contribution is 2.43. The van der Waals surface area contributed by atoms with E-state index in [1.807, 2.05) is 24.4 Å². The second-order valence-electron chi connectivity index (χ2n) is 7.73. The molecule has 1 aromatic carbocycles. The zero-order chi connectivity index (χ0) is 18.1. The molecule has 5 heteroatoms. The molecule has 0 amide bonds. The van der Waals surface area contributed by atoms with Gasteiger partial charge in [-0.05, 0) is 44.4 Å². The second-order valence-corrected chi connectivity index (χ2v) is 8.14. The summed E-state index contributed by atoms with van der Waals surface area (Å²) < 4.78 is 0.904. The van der Waals surface area contributed by atoms with Crippen LogP contribution in [0.2, 0.25) is 5.02 Å². The quantitative estimate of drug-likeness (QED) is 0.644. The number of nitrogens with zero attached hydrogens (tertiary/aromatic N) is 2. The molecule has 4 nitrogen and oxygen atoms in total. The molecule has 0 atom stereocenters. The van der Waals surface area contributed by atoms with Crippen molar-refractivity contribution in [1.82, 2.24) is 14.8 Å². The van der Waals surface area contributed by atoms with E-state index in [0.29, 0.717) is 11.1 Å². The Balaban J connectivity index is 2.00. The van der Waals surface area contributed by atoms with Crippen LogP contribution >= 0.6 is 11.6 Å². The fourth-order valence-corrected chi connectivity index (χ4v) is 5.32. The predicted molar refractivity (Wildman–Crippen MR) is 108 cm³/mol. The molecule has 2 fully saturated rings. The summed E-state index contributed by atoms with van der Waals surface area (Å²) >= 11 is 6.54. The number of quaternary nitrogens is 1. The Kier molecular flexibility index (Phi) is 5.00. The van der Waals surface area contributed by atoms with Gasteiger partial charge in [0.25, 0.3) is 0 Å². The van der Waals surface area contributed by atoms with Gasteiger partial charge >= 0.3 is 0 Å². The summed E-state index contributed by atoms with van der Waals surface area (Å²) in [6, 6.07) is 6.39. The number of carbonyl (C=O) groups excluding carboxylic acids is 1. The maximum atomic E-state index is 12.6. The van der Waals surface area contributed by atoms with Gasteiger partial charge in [-0.25, -0.2) is 4.98 Å². The first-order valence-electron chi connectivity index (χ1n) is 9.80. The summed E-state index contributed by atoms with van der Waals surface area (Å²) in [5.41, 5.74) is 2.82. The summed E-state index contributed by atoms with van der Waals surface area (Å²) in [5.74, 6) is 0.0893. The third kappa shape index (κ3) is 2.94. The maximum Gasteiger partial charge on any atom is 0.170 e. The van der Waals surface area contributed by atoms with Gasteiger partial charge in [0.05, 0.1) is 29.7 Å². The van der Waals surface area contributed by atoms with Crippen molar-refractivity contribution in [3.8, 4) is 0 Å². The van der Waals surface area contributed by atoms with Gasteiger partial charge in [0.1, 0.15) is 5.52 Å². The molecule has 0 aliphatic carbocycles. The van der Waals surface area contributed by atoms with E-state index in [1.165, 1.54) is 19.3 Å². The van der Waals surface area contributed by atoms with Crippen LogP contribution in [0.1, 0.15) is 49.4 Å². The number of carbonyl (C=O) groups is 1. The SMILES string of the molecule is CC(=O)c1cc(Cl)c2cccnc2c1[N+]1(C2CCNCC2)CCCCC1. The van der Waals surface area contributed by atoms with Gasteiger partial charge in [0, 0.05) is 37.5 Å². The van der Waals surface area contributed by atoms with Gasteiger partial charge in [-0.1, -0.05) is 11.6 Å². The van der Waals surface area contributed by atoms with Crippen LogP contribution in [0.15, 0.2) is 24.4 Å². The van der Waals surface area contributed by atoms with Gasteiger partial charge in [-0.3, -0.25) is 9.28 Å². The fraction of sp³-hybridized carbons (Fsp3) is 0.524. The Morgan fingerprint density at radius 1 is 1.23 bits per heavy atom. The van der Waals surface area contributed by atoms with Crippen molar-refractivity contribution in [2.45, 2.75) is 45.1 Å². The van der Waals surface area contributed by atoms with Crippen molar-refractivity contribution < 1.29 is 4.79 Å². The summed E-state index contributed by atoms with van der Waals surface area (Å²) in [7, 11) is 0. The van der Waals surface area contributed by atoms with E-state index < -0.39 is 0 Å². The van der Waals surface area contributed by atoms with E-state index in [1.54, 1.807) is 6.92 Å². The molecule has 26 heavy (non-hydrogen) atoms. The van der Waals surface area contributed by atoms with Crippen LogP contribution in [0, 0.1) is 0 Å². The Hall–Kier alpha value is -1.49. The zero-order valence-electron chi connectivity index (χ0n) is 15.4. The molecule has 0 spiro atoms. The number of nitrogens with one attached hydrogen (secondary N) is 1. The third-order valence-corrected chi connectivity index (χ3v) is 6.57. The molecule has 2 aliphatic rings. The molecular formula is C21H27ClN3O+. The predicted octanol–water partition coefficient (Wildman–Crippen LogP) is 4.33. The Morgan fingerprint density at radius 2 is 1.96 bits per heavy atom. The number of hydrogen-bond donors (Lipinski definition) is 1. The lowest BCUT2D eigenvalue weighted by Crippen LogP contribution is -2.62. The zero-order valence-corrected chi connectivity index (χ0v) is 16.2. The molecule has 0 unspecified atom stereocenters. The summed E-state index contributed by atoms with van der Waals surface area (Å²) in [6.07, 6.45) is 7.81. The molecule has 138 valence electrons. The van der Waals surface area contributed by atoms with Gasteiger partial charge in [-0.2, -0.15) is 0 Å². The first-order valence-corrected chi connectivity index (χ1v) is 10.2. The largest absolute Gasteiger partial charge is 0.316 e. The molecule has 2 saturated heterocycles. The van der Waals surface area contributed by atoms with Crippen LogP contribution in [-0.2, 0) is 0 Å². The highest BCUT2D eigenvalue weighted by molar-refractivity contribution is 6.36. The lowest BCUT2D eigenvalue weighted by atomic mass is 9.91. The molecular weight excluding hydrogens is 346 g/mol. The van der Waals surface area contributed by atoms with E-state index >= 15 is 0 Å². The molecule has 4 rings (SSSR count). The molecule has 2 aliphatic heterocycles. The first-order chi connectivity index (χ1) is 12.6. The molecule has 0 saturated carbocycles. The van der Waals surface area contributed by atoms with Crippen molar-refractivity contribution >= 4 is 34.0 Å². The minimum atomic E-state index is 0.0893. The van der Waals surface area contributed by atoms with Crippen LogP contribution in [-0.4, -0.2) is 43.0 Å².